The molecule has 0 saturated carbocycles. The molecule has 0 spiro atoms. The highest BCUT2D eigenvalue weighted by Gasteiger charge is 2.16. The molecule has 5 rings (SSSR count). The van der Waals surface area contributed by atoms with E-state index in [1.165, 1.54) is 28.2 Å². The predicted molar refractivity (Wildman–Crippen MR) is 109 cm³/mol. The van der Waals surface area contributed by atoms with Crippen molar-refractivity contribution in [3.63, 3.8) is 0 Å². The number of nitrogens with zero attached hydrogens (tertiary/aromatic N) is 3. The van der Waals surface area contributed by atoms with E-state index in [-0.39, 0.29) is 5.91 Å². The van der Waals surface area contributed by atoms with E-state index in [1.54, 1.807) is 11.3 Å². The van der Waals surface area contributed by atoms with Crippen LogP contribution >= 0.6 is 34.0 Å². The third-order valence-corrected chi connectivity index (χ3v) is 6.57. The molecule has 4 aromatic heterocycles. The van der Waals surface area contributed by atoms with Gasteiger partial charge in [0, 0.05) is 22.5 Å². The fourth-order valence-corrected chi connectivity index (χ4v) is 5.12. The van der Waals surface area contributed by atoms with Crippen molar-refractivity contribution < 1.29 is 4.79 Å². The van der Waals surface area contributed by atoms with Crippen LogP contribution in [0.4, 0.5) is 5.13 Å². The van der Waals surface area contributed by atoms with E-state index in [0.717, 1.165) is 26.6 Å². The molecule has 1 amide bonds. The summed E-state index contributed by atoms with van der Waals surface area (Å²) in [6.07, 6.45) is 1.97. The van der Waals surface area contributed by atoms with Crippen LogP contribution < -0.4 is 5.32 Å². The standard InChI is InChI=1S/C18H12N4OS3/c1-10-2-4-11(5-3-10)12-9-25-17(19-12)20-15(23)14-8-13-16(26-14)21-18-22(13)6-7-24-18/h2-9H,1H3,(H,19,20,23). The number of thiazole rings is 2. The molecule has 0 unspecified atom stereocenters. The fraction of sp³-hybridized carbons (Fsp3) is 0.0556. The van der Waals surface area contributed by atoms with Gasteiger partial charge in [0.1, 0.15) is 4.83 Å². The molecule has 0 aliphatic carbocycles. The number of carbonyl (C=O) groups is 1. The first kappa shape index (κ1) is 15.7. The number of hydrogen-bond donors (Lipinski definition) is 1. The molecule has 5 nitrogen and oxygen atoms in total. The molecule has 1 N–H and O–H groups in total. The number of aryl methyl sites for hydroxylation is 1. The molecular formula is C18H12N4OS3. The summed E-state index contributed by atoms with van der Waals surface area (Å²) in [5.74, 6) is -0.151. The Labute approximate surface area is 160 Å². The average Bonchev–Trinajstić information content (AvgIpc) is 3.36. The minimum Gasteiger partial charge on any atom is -0.297 e. The van der Waals surface area contributed by atoms with Crippen LogP contribution in [0.2, 0.25) is 0 Å². The molecule has 0 aliphatic heterocycles. The number of imidazole rings is 1. The highest BCUT2D eigenvalue weighted by Crippen LogP contribution is 2.30. The molecule has 8 heteroatoms. The second-order valence-electron chi connectivity index (χ2n) is 5.83. The van der Waals surface area contributed by atoms with Crippen LogP contribution in [0.1, 0.15) is 15.2 Å². The number of rotatable bonds is 3. The lowest BCUT2D eigenvalue weighted by molar-refractivity contribution is 0.103. The van der Waals surface area contributed by atoms with Gasteiger partial charge in [-0.25, -0.2) is 9.97 Å². The van der Waals surface area contributed by atoms with E-state index < -0.39 is 0 Å². The maximum atomic E-state index is 12.6. The summed E-state index contributed by atoms with van der Waals surface area (Å²) in [6, 6.07) is 10.1. The van der Waals surface area contributed by atoms with Crippen LogP contribution in [-0.2, 0) is 0 Å². The number of carbonyl (C=O) groups excluding carboxylic acids is 1. The minimum absolute atomic E-state index is 0.151. The number of aromatic nitrogens is 3. The van der Waals surface area contributed by atoms with Gasteiger partial charge in [-0.3, -0.25) is 14.5 Å². The van der Waals surface area contributed by atoms with E-state index in [4.69, 9.17) is 0 Å². The van der Waals surface area contributed by atoms with E-state index >= 15 is 0 Å². The highest BCUT2D eigenvalue weighted by atomic mass is 32.1. The van der Waals surface area contributed by atoms with Crippen LogP contribution in [0.15, 0.2) is 47.3 Å². The molecular weight excluding hydrogens is 384 g/mol. The zero-order valence-electron chi connectivity index (χ0n) is 13.6. The van der Waals surface area contributed by atoms with E-state index in [2.05, 4.69) is 34.3 Å². The van der Waals surface area contributed by atoms with Gasteiger partial charge in [-0.15, -0.1) is 34.0 Å². The van der Waals surface area contributed by atoms with Gasteiger partial charge in [0.15, 0.2) is 10.1 Å². The van der Waals surface area contributed by atoms with Crippen LogP contribution in [0.25, 0.3) is 26.6 Å². The Morgan fingerprint density at radius 1 is 1.15 bits per heavy atom. The van der Waals surface area contributed by atoms with Gasteiger partial charge in [-0.2, -0.15) is 0 Å². The lowest BCUT2D eigenvalue weighted by Crippen LogP contribution is -2.09. The van der Waals surface area contributed by atoms with Crippen LogP contribution in [0.5, 0.6) is 0 Å². The number of nitrogens with one attached hydrogen (secondary N) is 1. The summed E-state index contributed by atoms with van der Waals surface area (Å²) in [7, 11) is 0. The van der Waals surface area contributed by atoms with Crippen molar-refractivity contribution in [1.29, 1.82) is 0 Å². The van der Waals surface area contributed by atoms with Gasteiger partial charge in [-0.1, -0.05) is 29.8 Å². The average molecular weight is 397 g/mol. The van der Waals surface area contributed by atoms with E-state index in [0.29, 0.717) is 10.0 Å². The van der Waals surface area contributed by atoms with Crippen molar-refractivity contribution in [2.24, 2.45) is 0 Å². The number of fused-ring (bicyclic) bond motifs is 3. The molecule has 128 valence electrons. The van der Waals surface area contributed by atoms with Crippen LogP contribution in [0.3, 0.4) is 0 Å². The number of anilines is 1. The van der Waals surface area contributed by atoms with Crippen molar-refractivity contribution in [3.8, 4) is 11.3 Å². The zero-order valence-corrected chi connectivity index (χ0v) is 16.0. The molecule has 0 atom stereocenters. The van der Waals surface area contributed by atoms with Gasteiger partial charge >= 0.3 is 0 Å². The number of hydrogen-bond acceptors (Lipinski definition) is 6. The summed E-state index contributed by atoms with van der Waals surface area (Å²) in [4.78, 5) is 24.1. The summed E-state index contributed by atoms with van der Waals surface area (Å²) < 4.78 is 2.01. The van der Waals surface area contributed by atoms with Crippen molar-refractivity contribution in [2.45, 2.75) is 6.92 Å². The molecule has 26 heavy (non-hydrogen) atoms. The Hall–Kier alpha value is -2.55. The summed E-state index contributed by atoms with van der Waals surface area (Å²) >= 11 is 4.41. The maximum Gasteiger partial charge on any atom is 0.267 e. The van der Waals surface area contributed by atoms with Crippen LogP contribution in [0, 0.1) is 6.92 Å². The van der Waals surface area contributed by atoms with Crippen LogP contribution in [-0.4, -0.2) is 20.3 Å². The smallest absolute Gasteiger partial charge is 0.267 e. The number of amides is 1. The normalized spacial score (nSPS) is 11.4. The fourth-order valence-electron chi connectivity index (χ4n) is 2.71. The largest absolute Gasteiger partial charge is 0.297 e. The Bertz CT molecular complexity index is 1240. The van der Waals surface area contributed by atoms with Gasteiger partial charge in [0.05, 0.1) is 16.1 Å². The van der Waals surface area contributed by atoms with Gasteiger partial charge < -0.3 is 0 Å². The molecule has 0 aliphatic rings. The van der Waals surface area contributed by atoms with Crippen molar-refractivity contribution in [3.05, 3.63) is 57.7 Å². The quantitative estimate of drug-likeness (QED) is 0.450. The Morgan fingerprint density at radius 2 is 2.00 bits per heavy atom. The maximum absolute atomic E-state index is 12.6. The third-order valence-electron chi connectivity index (χ3n) is 4.04. The summed E-state index contributed by atoms with van der Waals surface area (Å²) in [5.41, 5.74) is 4.09. The molecule has 5 aromatic rings. The number of thiophene rings is 1. The predicted octanol–water partition coefficient (Wildman–Crippen LogP) is 5.29. The van der Waals surface area contributed by atoms with Crippen molar-refractivity contribution in [1.82, 2.24) is 14.4 Å². The first-order valence-electron chi connectivity index (χ1n) is 7.86. The summed E-state index contributed by atoms with van der Waals surface area (Å²) in [5, 5.41) is 7.44. The van der Waals surface area contributed by atoms with Gasteiger partial charge in [0.2, 0.25) is 0 Å². The monoisotopic (exact) mass is 396 g/mol. The highest BCUT2D eigenvalue weighted by molar-refractivity contribution is 7.21. The second-order valence-corrected chi connectivity index (χ2v) is 8.59. The van der Waals surface area contributed by atoms with Crippen molar-refractivity contribution >= 4 is 60.4 Å². The Balaban J connectivity index is 1.39. The lowest BCUT2D eigenvalue weighted by atomic mass is 10.1. The third kappa shape index (κ3) is 2.63. The Morgan fingerprint density at radius 3 is 2.85 bits per heavy atom. The molecule has 4 heterocycles. The SMILES string of the molecule is Cc1ccc(-c2csc(NC(=O)c3cc4c(nc5sccn54)s3)n2)cc1. The first-order chi connectivity index (χ1) is 12.7. The second kappa shape index (κ2) is 6.01. The number of benzene rings is 1. The molecule has 1 aromatic carbocycles. The molecule has 0 fully saturated rings. The molecule has 0 saturated heterocycles. The van der Waals surface area contributed by atoms with Gasteiger partial charge in [-0.05, 0) is 13.0 Å². The Kier molecular flexibility index (Phi) is 3.63. The molecule has 0 bridgehead atoms. The van der Waals surface area contributed by atoms with E-state index in [1.807, 2.05) is 39.6 Å². The van der Waals surface area contributed by atoms with E-state index in [9.17, 15) is 4.79 Å². The zero-order chi connectivity index (χ0) is 17.7. The summed E-state index contributed by atoms with van der Waals surface area (Å²) in [6.45, 7) is 2.05. The minimum atomic E-state index is -0.151. The lowest BCUT2D eigenvalue weighted by Gasteiger charge is -1.99. The topological polar surface area (TPSA) is 59.3 Å². The first-order valence-corrected chi connectivity index (χ1v) is 10.4. The molecule has 0 radical (unpaired) electrons. The van der Waals surface area contributed by atoms with Gasteiger partial charge in [0.25, 0.3) is 5.91 Å². The van der Waals surface area contributed by atoms with Crippen molar-refractivity contribution in [2.75, 3.05) is 5.32 Å².